The first-order valence-corrected chi connectivity index (χ1v) is 5.56. The monoisotopic (exact) mass is 256 g/mol. The normalized spacial score (nSPS) is 20.4. The van der Waals surface area contributed by atoms with Gasteiger partial charge in [0.15, 0.2) is 0 Å². The largest absolute Gasteiger partial charge is 0.496 e. The van der Waals surface area contributed by atoms with Crippen LogP contribution in [0.2, 0.25) is 0 Å². The van der Waals surface area contributed by atoms with Crippen LogP contribution in [0.25, 0.3) is 0 Å². The van der Waals surface area contributed by atoms with Crippen molar-refractivity contribution < 1.29 is 9.84 Å². The molecule has 0 spiro atoms. The number of hydrogen-bond donors (Lipinski definition) is 1. The Balaban J connectivity index is 2.57. The quantitative estimate of drug-likeness (QED) is 0.838. The van der Waals surface area contributed by atoms with Crippen LogP contribution in [0.3, 0.4) is 0 Å². The van der Waals surface area contributed by atoms with E-state index in [2.05, 4.69) is 15.9 Å². The van der Waals surface area contributed by atoms with E-state index in [-0.39, 0.29) is 6.10 Å². The summed E-state index contributed by atoms with van der Waals surface area (Å²) < 4.78 is 6.27. The van der Waals surface area contributed by atoms with E-state index in [9.17, 15) is 5.11 Å². The van der Waals surface area contributed by atoms with Crippen LogP contribution in [0.5, 0.6) is 5.75 Å². The van der Waals surface area contributed by atoms with Crippen LogP contribution in [0.1, 0.15) is 30.1 Å². The molecule has 1 atom stereocenters. The average Bonchev–Trinajstić information content (AvgIpc) is 2.18. The van der Waals surface area contributed by atoms with Gasteiger partial charge in [-0.1, -0.05) is 15.9 Å². The third-order valence-electron chi connectivity index (χ3n) is 2.72. The summed E-state index contributed by atoms with van der Waals surface area (Å²) in [6.07, 6.45) is 2.53. The zero-order valence-electron chi connectivity index (χ0n) is 8.09. The van der Waals surface area contributed by atoms with Crippen molar-refractivity contribution in [2.24, 2.45) is 0 Å². The predicted molar refractivity (Wildman–Crippen MR) is 58.6 cm³/mol. The minimum atomic E-state index is -0.344. The van der Waals surface area contributed by atoms with Crippen molar-refractivity contribution >= 4 is 15.9 Å². The molecule has 1 aliphatic rings. The second-order valence-corrected chi connectivity index (χ2v) is 4.40. The lowest BCUT2D eigenvalue weighted by atomic mass is 9.89. The third-order valence-corrected chi connectivity index (χ3v) is 3.41. The first kappa shape index (κ1) is 9.99. The number of methoxy groups -OCH3 is 1. The molecule has 1 aliphatic carbocycles. The molecule has 0 heterocycles. The standard InChI is InChI=1S/C11H13BrO2/c1-14-10-6-5-8(12)11-7(10)3-2-4-9(11)13/h5-6,9,13H,2-4H2,1H3/t9-/m0/s1. The van der Waals surface area contributed by atoms with Gasteiger partial charge in [0.05, 0.1) is 13.2 Å². The minimum Gasteiger partial charge on any atom is -0.496 e. The third kappa shape index (κ3) is 1.55. The molecule has 0 unspecified atom stereocenters. The maximum absolute atomic E-state index is 9.88. The van der Waals surface area contributed by atoms with Crippen molar-refractivity contribution in [3.63, 3.8) is 0 Å². The van der Waals surface area contributed by atoms with Gasteiger partial charge in [0, 0.05) is 15.6 Å². The van der Waals surface area contributed by atoms with Crippen molar-refractivity contribution in [2.75, 3.05) is 7.11 Å². The molecule has 1 aromatic carbocycles. The van der Waals surface area contributed by atoms with E-state index >= 15 is 0 Å². The summed E-state index contributed by atoms with van der Waals surface area (Å²) in [6.45, 7) is 0. The van der Waals surface area contributed by atoms with Crippen molar-refractivity contribution in [1.82, 2.24) is 0 Å². The van der Waals surface area contributed by atoms with Gasteiger partial charge in [-0.25, -0.2) is 0 Å². The number of rotatable bonds is 1. The summed E-state index contributed by atoms with van der Waals surface area (Å²) in [4.78, 5) is 0. The van der Waals surface area contributed by atoms with Crippen LogP contribution >= 0.6 is 15.9 Å². The lowest BCUT2D eigenvalue weighted by Gasteiger charge is -2.24. The van der Waals surface area contributed by atoms with Crippen LogP contribution < -0.4 is 4.74 Å². The lowest BCUT2D eigenvalue weighted by Crippen LogP contribution is -2.11. The van der Waals surface area contributed by atoms with Gasteiger partial charge < -0.3 is 9.84 Å². The molecule has 0 amide bonds. The molecule has 1 aromatic rings. The van der Waals surface area contributed by atoms with Crippen molar-refractivity contribution in [3.8, 4) is 5.75 Å². The number of fused-ring (bicyclic) bond motifs is 1. The van der Waals surface area contributed by atoms with E-state index in [1.807, 2.05) is 12.1 Å². The Kier molecular flexibility index (Phi) is 2.79. The summed E-state index contributed by atoms with van der Waals surface area (Å²) in [5.41, 5.74) is 2.16. The molecular formula is C11H13BrO2. The number of aliphatic hydroxyl groups excluding tert-OH is 1. The number of ether oxygens (including phenoxy) is 1. The van der Waals surface area contributed by atoms with Gasteiger partial charge in [-0.2, -0.15) is 0 Å². The van der Waals surface area contributed by atoms with Crippen molar-refractivity contribution in [1.29, 1.82) is 0 Å². The van der Waals surface area contributed by atoms with Crippen LogP contribution in [0.4, 0.5) is 0 Å². The van der Waals surface area contributed by atoms with Crippen molar-refractivity contribution in [2.45, 2.75) is 25.4 Å². The second-order valence-electron chi connectivity index (χ2n) is 3.55. The fourth-order valence-corrected chi connectivity index (χ4v) is 2.68. The number of halogens is 1. The van der Waals surface area contributed by atoms with Gasteiger partial charge in [0.1, 0.15) is 5.75 Å². The van der Waals surface area contributed by atoms with E-state index in [0.717, 1.165) is 40.6 Å². The zero-order chi connectivity index (χ0) is 10.1. The molecule has 2 nitrogen and oxygen atoms in total. The number of benzene rings is 1. The summed E-state index contributed by atoms with van der Waals surface area (Å²) in [7, 11) is 1.67. The van der Waals surface area contributed by atoms with E-state index in [4.69, 9.17) is 4.74 Å². The molecule has 76 valence electrons. The highest BCUT2D eigenvalue weighted by molar-refractivity contribution is 9.10. The van der Waals surface area contributed by atoms with Crippen LogP contribution in [0.15, 0.2) is 16.6 Å². The number of hydrogen-bond acceptors (Lipinski definition) is 2. The molecule has 3 heteroatoms. The molecule has 14 heavy (non-hydrogen) atoms. The molecule has 1 N–H and O–H groups in total. The Morgan fingerprint density at radius 1 is 1.50 bits per heavy atom. The molecule has 0 aliphatic heterocycles. The van der Waals surface area contributed by atoms with E-state index < -0.39 is 0 Å². The van der Waals surface area contributed by atoms with Crippen LogP contribution in [-0.2, 0) is 6.42 Å². The molecule has 0 saturated carbocycles. The second kappa shape index (κ2) is 3.91. The topological polar surface area (TPSA) is 29.5 Å². The highest BCUT2D eigenvalue weighted by Gasteiger charge is 2.23. The van der Waals surface area contributed by atoms with E-state index in [1.54, 1.807) is 7.11 Å². The van der Waals surface area contributed by atoms with E-state index in [0.29, 0.717) is 0 Å². The Labute approximate surface area is 92.0 Å². The molecule has 0 fully saturated rings. The van der Waals surface area contributed by atoms with Gasteiger partial charge in [0.25, 0.3) is 0 Å². The summed E-state index contributed by atoms with van der Waals surface area (Å²) in [6, 6.07) is 3.88. The van der Waals surface area contributed by atoms with Crippen molar-refractivity contribution in [3.05, 3.63) is 27.7 Å². The van der Waals surface area contributed by atoms with Gasteiger partial charge in [-0.05, 0) is 31.4 Å². The molecule has 0 saturated heterocycles. The molecule has 0 aromatic heterocycles. The Hall–Kier alpha value is -0.540. The van der Waals surface area contributed by atoms with Gasteiger partial charge >= 0.3 is 0 Å². The van der Waals surface area contributed by atoms with Crippen LogP contribution in [0, 0.1) is 0 Å². The summed E-state index contributed by atoms with van der Waals surface area (Å²) >= 11 is 3.47. The van der Waals surface area contributed by atoms with Gasteiger partial charge in [-0.15, -0.1) is 0 Å². The maximum Gasteiger partial charge on any atom is 0.122 e. The SMILES string of the molecule is COc1ccc(Br)c2c1CCC[C@@H]2O. The smallest absolute Gasteiger partial charge is 0.122 e. The minimum absolute atomic E-state index is 0.344. The highest BCUT2D eigenvalue weighted by Crippen LogP contribution is 2.39. The Morgan fingerprint density at radius 2 is 2.29 bits per heavy atom. The summed E-state index contributed by atoms with van der Waals surface area (Å²) in [5.74, 6) is 0.891. The van der Waals surface area contributed by atoms with Gasteiger partial charge in [0.2, 0.25) is 0 Å². The maximum atomic E-state index is 9.88. The molecule has 0 radical (unpaired) electrons. The lowest BCUT2D eigenvalue weighted by molar-refractivity contribution is 0.155. The first-order chi connectivity index (χ1) is 6.74. The zero-order valence-corrected chi connectivity index (χ0v) is 9.67. The van der Waals surface area contributed by atoms with E-state index in [1.165, 1.54) is 0 Å². The molecule has 2 rings (SSSR count). The fourth-order valence-electron chi connectivity index (χ4n) is 2.04. The predicted octanol–water partition coefficient (Wildman–Crippen LogP) is 2.83. The Bertz CT molecular complexity index is 349. The average molecular weight is 257 g/mol. The van der Waals surface area contributed by atoms with Crippen LogP contribution in [-0.4, -0.2) is 12.2 Å². The molecular weight excluding hydrogens is 244 g/mol. The highest BCUT2D eigenvalue weighted by atomic mass is 79.9. The fraction of sp³-hybridized carbons (Fsp3) is 0.455. The summed E-state index contributed by atoms with van der Waals surface area (Å²) in [5, 5.41) is 9.88. The first-order valence-electron chi connectivity index (χ1n) is 4.77. The molecule has 0 bridgehead atoms. The Morgan fingerprint density at radius 3 is 3.00 bits per heavy atom. The van der Waals surface area contributed by atoms with Gasteiger partial charge in [-0.3, -0.25) is 0 Å². The number of aliphatic hydroxyl groups is 1.